The van der Waals surface area contributed by atoms with Crippen molar-refractivity contribution in [3.8, 4) is 0 Å². The van der Waals surface area contributed by atoms with Gasteiger partial charge >= 0.3 is 0 Å². The summed E-state index contributed by atoms with van der Waals surface area (Å²) in [5, 5.41) is 8.03. The highest BCUT2D eigenvalue weighted by Gasteiger charge is 2.19. The first kappa shape index (κ1) is 15.2. The number of nitrogen functional groups attached to an aromatic ring is 1. The van der Waals surface area contributed by atoms with Crippen LogP contribution in [-0.2, 0) is 6.54 Å². The van der Waals surface area contributed by atoms with Crippen LogP contribution in [0.3, 0.4) is 0 Å². The fourth-order valence-corrected chi connectivity index (χ4v) is 3.37. The summed E-state index contributed by atoms with van der Waals surface area (Å²) in [6.07, 6.45) is 7.94. The lowest BCUT2D eigenvalue weighted by atomic mass is 9.81. The molecular formula is C16H30N4. The zero-order valence-corrected chi connectivity index (χ0v) is 13.3. The topological polar surface area (TPSA) is 55.9 Å². The normalized spacial score (nSPS) is 22.9. The summed E-state index contributed by atoms with van der Waals surface area (Å²) in [6.45, 7) is 8.48. The lowest BCUT2D eigenvalue weighted by molar-refractivity contribution is 0.274. The zero-order chi connectivity index (χ0) is 14.5. The molecule has 0 radical (unpaired) electrons. The first-order valence-electron chi connectivity index (χ1n) is 8.18. The van der Waals surface area contributed by atoms with Crippen LogP contribution < -0.4 is 11.1 Å². The predicted molar refractivity (Wildman–Crippen MR) is 85.9 cm³/mol. The molecule has 0 amide bonds. The molecule has 0 bridgehead atoms. The molecule has 2 rings (SSSR count). The third-order valence-corrected chi connectivity index (χ3v) is 4.50. The van der Waals surface area contributed by atoms with Gasteiger partial charge in [0.1, 0.15) is 5.82 Å². The van der Waals surface area contributed by atoms with Crippen molar-refractivity contribution in [3.63, 3.8) is 0 Å². The van der Waals surface area contributed by atoms with Crippen molar-refractivity contribution in [2.24, 2.45) is 11.8 Å². The lowest BCUT2D eigenvalue weighted by Gasteiger charge is -2.26. The molecular weight excluding hydrogens is 248 g/mol. The van der Waals surface area contributed by atoms with Gasteiger partial charge in [0.15, 0.2) is 0 Å². The summed E-state index contributed by atoms with van der Waals surface area (Å²) >= 11 is 0. The third-order valence-electron chi connectivity index (χ3n) is 4.50. The van der Waals surface area contributed by atoms with Crippen LogP contribution in [0.1, 0.15) is 58.1 Å². The molecule has 4 heteroatoms. The minimum Gasteiger partial charge on any atom is -0.394 e. The van der Waals surface area contributed by atoms with Crippen LogP contribution in [0.5, 0.6) is 0 Å². The van der Waals surface area contributed by atoms with E-state index in [-0.39, 0.29) is 0 Å². The first-order chi connectivity index (χ1) is 9.61. The molecule has 1 heterocycles. The Morgan fingerprint density at radius 2 is 2.20 bits per heavy atom. The highest BCUT2D eigenvalue weighted by Crippen LogP contribution is 2.31. The van der Waals surface area contributed by atoms with Gasteiger partial charge in [-0.15, -0.1) is 0 Å². The molecule has 3 N–H and O–H groups in total. The molecule has 1 aliphatic carbocycles. The van der Waals surface area contributed by atoms with Crippen molar-refractivity contribution in [2.45, 2.75) is 65.8 Å². The molecule has 0 spiro atoms. The van der Waals surface area contributed by atoms with E-state index in [9.17, 15) is 0 Å². The standard InChI is InChI=1S/C16H30N4/c1-4-10-20-16(15(17)13(3)19-20)18-9-8-14-7-5-6-12(2)11-14/h12,14,18H,4-11,17H2,1-3H3. The molecule has 1 fully saturated rings. The van der Waals surface area contributed by atoms with Crippen molar-refractivity contribution < 1.29 is 0 Å². The van der Waals surface area contributed by atoms with Crippen LogP contribution in [0.2, 0.25) is 0 Å². The Morgan fingerprint density at radius 1 is 1.40 bits per heavy atom. The monoisotopic (exact) mass is 278 g/mol. The van der Waals surface area contributed by atoms with Gasteiger partial charge in [0.05, 0.1) is 11.4 Å². The maximum Gasteiger partial charge on any atom is 0.148 e. The second kappa shape index (κ2) is 7.00. The average Bonchev–Trinajstić information content (AvgIpc) is 2.67. The number of hydrogen-bond donors (Lipinski definition) is 2. The van der Waals surface area contributed by atoms with E-state index in [1.54, 1.807) is 0 Å². The molecule has 0 aliphatic heterocycles. The van der Waals surface area contributed by atoms with Crippen LogP contribution >= 0.6 is 0 Å². The number of hydrogen-bond acceptors (Lipinski definition) is 3. The van der Waals surface area contributed by atoms with Gasteiger partial charge in [-0.3, -0.25) is 0 Å². The minimum absolute atomic E-state index is 0.815. The molecule has 20 heavy (non-hydrogen) atoms. The van der Waals surface area contributed by atoms with Crippen LogP contribution in [0.4, 0.5) is 11.5 Å². The van der Waals surface area contributed by atoms with E-state index in [2.05, 4.69) is 24.3 Å². The lowest BCUT2D eigenvalue weighted by Crippen LogP contribution is -2.18. The van der Waals surface area contributed by atoms with Gasteiger partial charge in [-0.25, -0.2) is 4.68 Å². The smallest absolute Gasteiger partial charge is 0.148 e. The van der Waals surface area contributed by atoms with E-state index in [1.165, 1.54) is 32.1 Å². The van der Waals surface area contributed by atoms with Crippen LogP contribution in [-0.4, -0.2) is 16.3 Å². The SMILES string of the molecule is CCCn1nc(C)c(N)c1NCCC1CCCC(C)C1. The van der Waals surface area contributed by atoms with Crippen molar-refractivity contribution in [3.05, 3.63) is 5.69 Å². The summed E-state index contributed by atoms with van der Waals surface area (Å²) in [6, 6.07) is 0. The Bertz CT molecular complexity index is 424. The molecule has 2 atom stereocenters. The van der Waals surface area contributed by atoms with Crippen molar-refractivity contribution >= 4 is 11.5 Å². The predicted octanol–water partition coefficient (Wildman–Crippen LogP) is 3.81. The molecule has 0 saturated heterocycles. The second-order valence-corrected chi connectivity index (χ2v) is 6.42. The summed E-state index contributed by atoms with van der Waals surface area (Å²) in [5.74, 6) is 2.82. The third kappa shape index (κ3) is 3.68. The van der Waals surface area contributed by atoms with Crippen LogP contribution in [0, 0.1) is 18.8 Å². The van der Waals surface area contributed by atoms with Crippen molar-refractivity contribution in [1.82, 2.24) is 9.78 Å². The Balaban J connectivity index is 1.87. The van der Waals surface area contributed by atoms with Gasteiger partial charge in [0.25, 0.3) is 0 Å². The fourth-order valence-electron chi connectivity index (χ4n) is 3.37. The second-order valence-electron chi connectivity index (χ2n) is 6.42. The number of nitrogens with two attached hydrogens (primary N) is 1. The van der Waals surface area contributed by atoms with Crippen LogP contribution in [0.15, 0.2) is 0 Å². The maximum atomic E-state index is 6.13. The molecule has 4 nitrogen and oxygen atoms in total. The van der Waals surface area contributed by atoms with Gasteiger partial charge in [-0.05, 0) is 38.0 Å². The number of aromatic nitrogens is 2. The molecule has 1 saturated carbocycles. The Labute approximate surface area is 123 Å². The number of nitrogens with one attached hydrogen (secondary N) is 1. The maximum absolute atomic E-state index is 6.13. The highest BCUT2D eigenvalue weighted by atomic mass is 15.3. The summed E-state index contributed by atoms with van der Waals surface area (Å²) < 4.78 is 2.02. The van der Waals surface area contributed by atoms with E-state index >= 15 is 0 Å². The first-order valence-corrected chi connectivity index (χ1v) is 8.18. The summed E-state index contributed by atoms with van der Waals surface area (Å²) in [4.78, 5) is 0. The highest BCUT2D eigenvalue weighted by molar-refractivity contribution is 5.64. The Kier molecular flexibility index (Phi) is 5.32. The average molecular weight is 278 g/mol. The number of rotatable bonds is 6. The van der Waals surface area contributed by atoms with E-state index in [4.69, 9.17) is 5.73 Å². The fraction of sp³-hybridized carbons (Fsp3) is 0.812. The summed E-state index contributed by atoms with van der Waals surface area (Å²) in [5.41, 5.74) is 7.88. The molecule has 2 unspecified atom stereocenters. The van der Waals surface area contributed by atoms with Crippen molar-refractivity contribution in [1.29, 1.82) is 0 Å². The molecule has 114 valence electrons. The molecule has 0 aromatic carbocycles. The Hall–Kier alpha value is -1.19. The number of anilines is 2. The van der Waals surface area contributed by atoms with Crippen molar-refractivity contribution in [2.75, 3.05) is 17.6 Å². The minimum atomic E-state index is 0.815. The van der Waals surface area contributed by atoms with Crippen LogP contribution in [0.25, 0.3) is 0 Å². The molecule has 1 aromatic rings. The zero-order valence-electron chi connectivity index (χ0n) is 13.3. The van der Waals surface area contributed by atoms with E-state index in [1.807, 2.05) is 11.6 Å². The van der Waals surface area contributed by atoms with E-state index in [0.29, 0.717) is 0 Å². The van der Waals surface area contributed by atoms with Gasteiger partial charge in [0, 0.05) is 13.1 Å². The van der Waals surface area contributed by atoms with E-state index < -0.39 is 0 Å². The van der Waals surface area contributed by atoms with E-state index in [0.717, 1.165) is 48.5 Å². The van der Waals surface area contributed by atoms with Gasteiger partial charge in [-0.2, -0.15) is 5.10 Å². The van der Waals surface area contributed by atoms with Gasteiger partial charge in [-0.1, -0.05) is 33.1 Å². The largest absolute Gasteiger partial charge is 0.394 e. The number of aryl methyl sites for hydroxylation is 2. The van der Waals surface area contributed by atoms with Gasteiger partial charge in [0.2, 0.25) is 0 Å². The molecule has 1 aliphatic rings. The van der Waals surface area contributed by atoms with Gasteiger partial charge < -0.3 is 11.1 Å². The molecule has 1 aromatic heterocycles. The quantitative estimate of drug-likeness (QED) is 0.832. The summed E-state index contributed by atoms with van der Waals surface area (Å²) in [7, 11) is 0. The Morgan fingerprint density at radius 3 is 2.90 bits per heavy atom. The number of nitrogens with zero attached hydrogens (tertiary/aromatic N) is 2.